The van der Waals surface area contributed by atoms with Gasteiger partial charge in [-0.15, -0.1) is 0 Å². The van der Waals surface area contributed by atoms with Gasteiger partial charge in [0.05, 0.1) is 0 Å². The molecule has 0 spiro atoms. The number of nitrogens with two attached hydrogens (primary N) is 1. The topological polar surface area (TPSA) is 72.5 Å². The highest BCUT2D eigenvalue weighted by molar-refractivity contribution is 5.92. The van der Waals surface area contributed by atoms with Gasteiger partial charge in [-0.3, -0.25) is 0 Å². The van der Waals surface area contributed by atoms with Crippen LogP contribution >= 0.6 is 0 Å². The van der Waals surface area contributed by atoms with Crippen molar-refractivity contribution >= 4 is 11.7 Å². The van der Waals surface area contributed by atoms with Gasteiger partial charge in [0.25, 0.3) is 0 Å². The fraction of sp³-hybridized carbons (Fsp3) is 0.133. The van der Waals surface area contributed by atoms with Crippen molar-refractivity contribution in [2.75, 3.05) is 5.73 Å². The molecule has 0 fully saturated rings. The van der Waals surface area contributed by atoms with E-state index >= 15 is 0 Å². The molecule has 5 heteroatoms. The molecular formula is C15H14FNO3. The lowest BCUT2D eigenvalue weighted by Gasteiger charge is -2.11. The van der Waals surface area contributed by atoms with Crippen LogP contribution in [0.3, 0.4) is 0 Å². The number of halogens is 1. The molecule has 0 aliphatic heterocycles. The minimum atomic E-state index is -1.11. The first kappa shape index (κ1) is 13.9. The number of carboxylic acids is 1. The molecule has 0 aliphatic carbocycles. The average molecular weight is 275 g/mol. The second-order valence-corrected chi connectivity index (χ2v) is 4.42. The summed E-state index contributed by atoms with van der Waals surface area (Å²) < 4.78 is 18.5. The van der Waals surface area contributed by atoms with Crippen LogP contribution < -0.4 is 10.5 Å². The van der Waals surface area contributed by atoms with Crippen molar-refractivity contribution in [2.24, 2.45) is 0 Å². The largest absolute Gasteiger partial charge is 0.488 e. The first-order chi connectivity index (χ1) is 9.47. The third-order valence-corrected chi connectivity index (χ3v) is 2.92. The van der Waals surface area contributed by atoms with E-state index in [9.17, 15) is 9.18 Å². The zero-order valence-electron chi connectivity index (χ0n) is 10.9. The number of carbonyl (C=O) groups is 1. The third-order valence-electron chi connectivity index (χ3n) is 2.92. The summed E-state index contributed by atoms with van der Waals surface area (Å²) in [5.41, 5.74) is 7.45. The van der Waals surface area contributed by atoms with Crippen molar-refractivity contribution in [3.8, 4) is 5.75 Å². The Hall–Kier alpha value is -2.56. The molecule has 104 valence electrons. The fourth-order valence-corrected chi connectivity index (χ4v) is 1.82. The summed E-state index contributed by atoms with van der Waals surface area (Å²) in [7, 11) is 0. The van der Waals surface area contributed by atoms with Gasteiger partial charge in [-0.1, -0.05) is 6.07 Å². The number of ether oxygens (including phenoxy) is 1. The molecule has 4 nitrogen and oxygen atoms in total. The van der Waals surface area contributed by atoms with E-state index in [0.717, 1.165) is 11.1 Å². The molecule has 2 rings (SSSR count). The highest BCUT2D eigenvalue weighted by atomic mass is 19.1. The number of benzene rings is 2. The molecule has 0 radical (unpaired) electrons. The summed E-state index contributed by atoms with van der Waals surface area (Å²) in [6.45, 7) is 1.93. The van der Waals surface area contributed by atoms with Crippen LogP contribution in [0.25, 0.3) is 0 Å². The fourth-order valence-electron chi connectivity index (χ4n) is 1.82. The van der Waals surface area contributed by atoms with Gasteiger partial charge in [0.2, 0.25) is 0 Å². The van der Waals surface area contributed by atoms with Gasteiger partial charge in [0.15, 0.2) is 0 Å². The number of aryl methyl sites for hydroxylation is 1. The maximum atomic E-state index is 13.0. The molecule has 0 unspecified atom stereocenters. The van der Waals surface area contributed by atoms with Crippen molar-refractivity contribution in [1.82, 2.24) is 0 Å². The van der Waals surface area contributed by atoms with Crippen LogP contribution in [0.15, 0.2) is 36.4 Å². The maximum absolute atomic E-state index is 13.0. The number of rotatable bonds is 4. The number of nitrogen functional groups attached to an aromatic ring is 1. The molecule has 0 bridgehead atoms. The molecule has 0 saturated heterocycles. The Bertz CT molecular complexity index is 656. The summed E-state index contributed by atoms with van der Waals surface area (Å²) in [5, 5.41) is 9.09. The van der Waals surface area contributed by atoms with Crippen LogP contribution in [0.2, 0.25) is 0 Å². The molecule has 2 aromatic rings. The monoisotopic (exact) mass is 275 g/mol. The minimum Gasteiger partial charge on any atom is -0.488 e. The molecule has 0 saturated carbocycles. The van der Waals surface area contributed by atoms with Gasteiger partial charge in [-0.05, 0) is 48.4 Å². The normalized spacial score (nSPS) is 10.3. The van der Waals surface area contributed by atoms with Crippen molar-refractivity contribution in [2.45, 2.75) is 13.5 Å². The highest BCUT2D eigenvalue weighted by Gasteiger charge is 2.12. The first-order valence-electron chi connectivity index (χ1n) is 5.98. The smallest absolute Gasteiger partial charge is 0.339 e. The van der Waals surface area contributed by atoms with E-state index in [1.165, 1.54) is 24.3 Å². The predicted octanol–water partition coefficient (Wildman–Crippen LogP) is 2.99. The van der Waals surface area contributed by atoms with Gasteiger partial charge < -0.3 is 15.6 Å². The maximum Gasteiger partial charge on any atom is 0.339 e. The van der Waals surface area contributed by atoms with Gasteiger partial charge in [-0.2, -0.15) is 0 Å². The molecule has 0 aliphatic rings. The van der Waals surface area contributed by atoms with E-state index in [1.807, 2.05) is 0 Å². The van der Waals surface area contributed by atoms with E-state index in [4.69, 9.17) is 15.6 Å². The van der Waals surface area contributed by atoms with E-state index in [2.05, 4.69) is 0 Å². The first-order valence-corrected chi connectivity index (χ1v) is 5.98. The standard InChI is InChI=1S/C15H14FNO3/c1-9-6-11(16)3-2-10(9)8-20-14-5-4-12(17)7-13(14)15(18)19/h2-7H,8,17H2,1H3,(H,18,19). The Balaban J connectivity index is 2.20. The van der Waals surface area contributed by atoms with E-state index in [1.54, 1.807) is 19.1 Å². The zero-order chi connectivity index (χ0) is 14.7. The van der Waals surface area contributed by atoms with Crippen LogP contribution in [0, 0.1) is 12.7 Å². The highest BCUT2D eigenvalue weighted by Crippen LogP contribution is 2.23. The van der Waals surface area contributed by atoms with Gasteiger partial charge in [0, 0.05) is 5.69 Å². The second-order valence-electron chi connectivity index (χ2n) is 4.42. The minimum absolute atomic E-state index is 0.00441. The summed E-state index contributed by atoms with van der Waals surface area (Å²) >= 11 is 0. The SMILES string of the molecule is Cc1cc(F)ccc1COc1ccc(N)cc1C(=O)O. The van der Waals surface area contributed by atoms with Crippen molar-refractivity contribution in [1.29, 1.82) is 0 Å². The van der Waals surface area contributed by atoms with E-state index in [-0.39, 0.29) is 23.7 Å². The molecule has 0 atom stereocenters. The van der Waals surface area contributed by atoms with Crippen LogP contribution in [0.1, 0.15) is 21.5 Å². The van der Waals surface area contributed by atoms with Crippen LogP contribution in [-0.4, -0.2) is 11.1 Å². The van der Waals surface area contributed by atoms with Crippen molar-refractivity contribution < 1.29 is 19.0 Å². The van der Waals surface area contributed by atoms with Crippen LogP contribution in [-0.2, 0) is 6.61 Å². The van der Waals surface area contributed by atoms with Crippen LogP contribution in [0.5, 0.6) is 5.75 Å². The lowest BCUT2D eigenvalue weighted by atomic mass is 10.1. The lowest BCUT2D eigenvalue weighted by Crippen LogP contribution is -2.05. The molecular weight excluding hydrogens is 261 g/mol. The lowest BCUT2D eigenvalue weighted by molar-refractivity contribution is 0.0692. The average Bonchev–Trinajstić information content (AvgIpc) is 2.38. The summed E-state index contributed by atoms with van der Waals surface area (Å²) in [6, 6.07) is 8.78. The third kappa shape index (κ3) is 3.06. The van der Waals surface area contributed by atoms with Crippen LogP contribution in [0.4, 0.5) is 10.1 Å². The molecule has 2 aromatic carbocycles. The molecule has 0 amide bonds. The number of anilines is 1. The number of hydrogen-bond donors (Lipinski definition) is 2. The van der Waals surface area contributed by atoms with Crippen molar-refractivity contribution in [3.05, 3.63) is 58.9 Å². The Labute approximate surface area is 115 Å². The van der Waals surface area contributed by atoms with Gasteiger partial charge in [-0.25, -0.2) is 9.18 Å². The second kappa shape index (κ2) is 5.61. The Morgan fingerprint density at radius 2 is 2.05 bits per heavy atom. The quantitative estimate of drug-likeness (QED) is 0.841. The Kier molecular flexibility index (Phi) is 3.89. The molecule has 3 N–H and O–H groups in total. The number of carboxylic acid groups (broad SMARTS) is 1. The van der Waals surface area contributed by atoms with E-state index < -0.39 is 5.97 Å². The summed E-state index contributed by atoms with van der Waals surface area (Å²) in [4.78, 5) is 11.1. The summed E-state index contributed by atoms with van der Waals surface area (Å²) in [6.07, 6.45) is 0. The predicted molar refractivity (Wildman–Crippen MR) is 73.3 cm³/mol. The number of aromatic carboxylic acids is 1. The Morgan fingerprint density at radius 3 is 2.70 bits per heavy atom. The Morgan fingerprint density at radius 1 is 1.30 bits per heavy atom. The molecule has 0 aromatic heterocycles. The van der Waals surface area contributed by atoms with Crippen molar-refractivity contribution in [3.63, 3.8) is 0 Å². The molecule has 20 heavy (non-hydrogen) atoms. The van der Waals surface area contributed by atoms with Gasteiger partial charge >= 0.3 is 5.97 Å². The number of hydrogen-bond acceptors (Lipinski definition) is 3. The van der Waals surface area contributed by atoms with E-state index in [0.29, 0.717) is 5.69 Å². The molecule has 0 heterocycles. The summed E-state index contributed by atoms with van der Waals surface area (Å²) in [5.74, 6) is -1.19. The zero-order valence-corrected chi connectivity index (χ0v) is 10.9. The van der Waals surface area contributed by atoms with Gasteiger partial charge in [0.1, 0.15) is 23.7 Å².